The minimum Gasteiger partial charge on any atom is -0.497 e. The second kappa shape index (κ2) is 8.20. The highest BCUT2D eigenvalue weighted by Crippen LogP contribution is 2.51. The van der Waals surface area contributed by atoms with Crippen molar-refractivity contribution in [2.75, 3.05) is 19.5 Å². The zero-order chi connectivity index (χ0) is 22.2. The number of nitrogens with one attached hydrogen (secondary N) is 2. The maximum Gasteiger partial charge on any atom is 0.322 e. The highest BCUT2D eigenvalue weighted by Gasteiger charge is 2.59. The zero-order valence-electron chi connectivity index (χ0n) is 18.2. The fourth-order valence-corrected chi connectivity index (χ4v) is 6.00. The van der Waals surface area contributed by atoms with Gasteiger partial charge in [-0.1, -0.05) is 38.1 Å². The largest absolute Gasteiger partial charge is 0.497 e. The first kappa shape index (κ1) is 21.7. The van der Waals surface area contributed by atoms with Crippen molar-refractivity contribution in [2.24, 2.45) is 0 Å². The average molecular weight is 441 g/mol. The van der Waals surface area contributed by atoms with Gasteiger partial charge in [0.05, 0.1) is 19.6 Å². The van der Waals surface area contributed by atoms with Crippen LogP contribution in [0.25, 0.3) is 0 Å². The highest BCUT2D eigenvalue weighted by atomic mass is 32.2. The number of esters is 1. The number of ether oxygens (including phenoxy) is 2. The third kappa shape index (κ3) is 3.92. The molecular weight excluding hydrogens is 412 g/mol. The van der Waals surface area contributed by atoms with Gasteiger partial charge in [0, 0.05) is 27.4 Å². The number of anilines is 1. The molecule has 31 heavy (non-hydrogen) atoms. The van der Waals surface area contributed by atoms with Gasteiger partial charge in [-0.25, -0.2) is 0 Å². The lowest BCUT2D eigenvalue weighted by molar-refractivity contribution is -0.142. The van der Waals surface area contributed by atoms with Gasteiger partial charge in [0.2, 0.25) is 5.91 Å². The van der Waals surface area contributed by atoms with E-state index in [1.165, 1.54) is 12.0 Å². The van der Waals surface area contributed by atoms with E-state index in [1.807, 2.05) is 36.4 Å². The van der Waals surface area contributed by atoms with Crippen LogP contribution in [0.1, 0.15) is 32.3 Å². The van der Waals surface area contributed by atoms with E-state index in [9.17, 15) is 9.59 Å². The summed E-state index contributed by atoms with van der Waals surface area (Å²) in [5, 5.41) is 6.47. The third-order valence-corrected chi connectivity index (χ3v) is 7.43. The molecule has 0 saturated carbocycles. The Morgan fingerprint density at radius 2 is 1.94 bits per heavy atom. The first-order valence-electron chi connectivity index (χ1n) is 10.4. The average Bonchev–Trinajstić information content (AvgIpc) is 3.25. The number of hydrogen-bond acceptors (Lipinski definition) is 6. The molecule has 0 aliphatic carbocycles. The quantitative estimate of drug-likeness (QED) is 0.526. The van der Waals surface area contributed by atoms with Crippen molar-refractivity contribution in [1.82, 2.24) is 5.32 Å². The molecule has 2 N–H and O–H groups in total. The molecule has 6 nitrogen and oxygen atoms in total. The summed E-state index contributed by atoms with van der Waals surface area (Å²) in [6, 6.07) is 15.1. The first-order chi connectivity index (χ1) is 14.8. The van der Waals surface area contributed by atoms with Crippen LogP contribution in [-0.4, -0.2) is 42.9 Å². The minimum atomic E-state index is -0.838. The fraction of sp³-hybridized carbons (Fsp3) is 0.417. The SMILES string of the molecule is COC(=O)[C@@H]1C[C@@]2(C(=O)Nc3cc(OC)ccc32)[C@H](CC(C)(C)Sc2ccccc2)N1. The smallest absolute Gasteiger partial charge is 0.322 e. The summed E-state index contributed by atoms with van der Waals surface area (Å²) < 4.78 is 10.2. The van der Waals surface area contributed by atoms with Crippen LogP contribution in [0.3, 0.4) is 0 Å². The van der Waals surface area contributed by atoms with Crippen molar-refractivity contribution in [3.05, 3.63) is 54.1 Å². The van der Waals surface area contributed by atoms with Gasteiger partial charge in [-0.2, -0.15) is 0 Å². The molecule has 2 aromatic rings. The summed E-state index contributed by atoms with van der Waals surface area (Å²) in [5.41, 5.74) is 0.813. The number of amides is 1. The number of carbonyl (C=O) groups excluding carboxylic acids is 2. The monoisotopic (exact) mass is 440 g/mol. The summed E-state index contributed by atoms with van der Waals surface area (Å²) in [4.78, 5) is 27.0. The van der Waals surface area contributed by atoms with Gasteiger partial charge in [0.15, 0.2) is 0 Å². The van der Waals surface area contributed by atoms with Crippen LogP contribution < -0.4 is 15.4 Å². The van der Waals surface area contributed by atoms with E-state index in [4.69, 9.17) is 9.47 Å². The van der Waals surface area contributed by atoms with Crippen LogP contribution in [0, 0.1) is 0 Å². The molecule has 4 rings (SSSR count). The van der Waals surface area contributed by atoms with Crippen LogP contribution in [0.15, 0.2) is 53.4 Å². The molecule has 2 aromatic carbocycles. The highest BCUT2D eigenvalue weighted by molar-refractivity contribution is 8.00. The van der Waals surface area contributed by atoms with Gasteiger partial charge in [0.1, 0.15) is 11.8 Å². The Morgan fingerprint density at radius 3 is 2.61 bits per heavy atom. The molecule has 0 unspecified atom stereocenters. The van der Waals surface area contributed by atoms with Crippen LogP contribution in [0.5, 0.6) is 5.75 Å². The Kier molecular flexibility index (Phi) is 5.75. The van der Waals surface area contributed by atoms with Gasteiger partial charge >= 0.3 is 5.97 Å². The van der Waals surface area contributed by atoms with Crippen molar-refractivity contribution >= 4 is 29.3 Å². The number of rotatable bonds is 6. The van der Waals surface area contributed by atoms with Gasteiger partial charge in [0.25, 0.3) is 0 Å². The van der Waals surface area contributed by atoms with Crippen LogP contribution in [0.2, 0.25) is 0 Å². The van der Waals surface area contributed by atoms with E-state index in [-0.39, 0.29) is 22.7 Å². The molecule has 3 atom stereocenters. The molecular formula is C24H28N2O4S. The van der Waals surface area contributed by atoms with Crippen LogP contribution in [-0.2, 0) is 19.7 Å². The molecule has 164 valence electrons. The van der Waals surface area contributed by atoms with E-state index < -0.39 is 11.5 Å². The van der Waals surface area contributed by atoms with Crippen molar-refractivity contribution in [3.63, 3.8) is 0 Å². The van der Waals surface area contributed by atoms with Gasteiger partial charge < -0.3 is 20.1 Å². The van der Waals surface area contributed by atoms with Crippen LogP contribution in [0.4, 0.5) is 5.69 Å². The molecule has 1 saturated heterocycles. The Labute approximate surface area is 187 Å². The predicted octanol–water partition coefficient (Wildman–Crippen LogP) is 3.75. The molecule has 1 spiro atoms. The van der Waals surface area contributed by atoms with E-state index in [2.05, 4.69) is 36.6 Å². The summed E-state index contributed by atoms with van der Waals surface area (Å²) in [6.45, 7) is 4.35. The number of hydrogen-bond donors (Lipinski definition) is 2. The maximum atomic E-state index is 13.4. The molecule has 0 bridgehead atoms. The normalized spacial score (nSPS) is 24.7. The Bertz CT molecular complexity index is 994. The number of thioether (sulfide) groups is 1. The molecule has 2 heterocycles. The first-order valence-corrected chi connectivity index (χ1v) is 11.2. The minimum absolute atomic E-state index is 0.0832. The number of fused-ring (bicyclic) bond motifs is 2. The molecule has 1 amide bonds. The number of carbonyl (C=O) groups is 2. The lowest BCUT2D eigenvalue weighted by Crippen LogP contribution is -2.48. The van der Waals surface area contributed by atoms with Crippen molar-refractivity contribution < 1.29 is 19.1 Å². The summed E-state index contributed by atoms with van der Waals surface area (Å²) >= 11 is 1.77. The van der Waals surface area contributed by atoms with Crippen molar-refractivity contribution in [2.45, 2.75) is 53.8 Å². The van der Waals surface area contributed by atoms with Crippen molar-refractivity contribution in [1.29, 1.82) is 0 Å². The van der Waals surface area contributed by atoms with E-state index in [1.54, 1.807) is 18.9 Å². The molecule has 0 radical (unpaired) electrons. The predicted molar refractivity (Wildman–Crippen MR) is 122 cm³/mol. The summed E-state index contributed by atoms with van der Waals surface area (Å²) in [6.07, 6.45) is 1.06. The Hall–Kier alpha value is -2.51. The topological polar surface area (TPSA) is 76.7 Å². The van der Waals surface area contributed by atoms with E-state index >= 15 is 0 Å². The zero-order valence-corrected chi connectivity index (χ0v) is 19.0. The number of methoxy groups -OCH3 is 2. The fourth-order valence-electron chi connectivity index (χ4n) is 4.82. The molecule has 0 aromatic heterocycles. The van der Waals surface area contributed by atoms with Gasteiger partial charge in [-0.3, -0.25) is 9.59 Å². The lowest BCUT2D eigenvalue weighted by atomic mass is 9.72. The molecule has 1 fully saturated rings. The molecule has 7 heteroatoms. The standard InChI is InChI=1S/C24H28N2O4S/c1-23(2,31-16-8-6-5-7-9-16)14-20-24(13-19(25-20)21(27)30-4)17-11-10-15(29-3)12-18(17)26-22(24)28/h5-12,19-20,25H,13-14H2,1-4H3,(H,26,28)/t19-,20-,24-/m0/s1. The second-order valence-electron chi connectivity index (χ2n) is 8.72. The van der Waals surface area contributed by atoms with Crippen LogP contribution >= 0.6 is 11.8 Å². The summed E-state index contributed by atoms with van der Waals surface area (Å²) in [7, 11) is 2.98. The van der Waals surface area contributed by atoms with Crippen molar-refractivity contribution in [3.8, 4) is 5.75 Å². The van der Waals surface area contributed by atoms with Gasteiger partial charge in [-0.05, 0) is 36.6 Å². The lowest BCUT2D eigenvalue weighted by Gasteiger charge is -2.35. The van der Waals surface area contributed by atoms with Gasteiger partial charge in [-0.15, -0.1) is 11.8 Å². The van der Waals surface area contributed by atoms with E-state index in [0.29, 0.717) is 18.6 Å². The maximum absolute atomic E-state index is 13.4. The third-order valence-electron chi connectivity index (χ3n) is 6.20. The number of benzene rings is 2. The Balaban J connectivity index is 1.70. The molecule has 2 aliphatic heterocycles. The molecule has 2 aliphatic rings. The Morgan fingerprint density at radius 1 is 1.19 bits per heavy atom. The second-order valence-corrected chi connectivity index (χ2v) is 10.5. The van der Waals surface area contributed by atoms with E-state index in [0.717, 1.165) is 11.3 Å². The summed E-state index contributed by atoms with van der Waals surface area (Å²) in [5.74, 6) is 0.258.